The molecule has 8 nitrogen and oxygen atoms in total. The number of carbonyl (C=O) groups is 1. The fourth-order valence-corrected chi connectivity index (χ4v) is 3.65. The van der Waals surface area contributed by atoms with Gasteiger partial charge in [-0.3, -0.25) is 9.78 Å². The van der Waals surface area contributed by atoms with Crippen LogP contribution in [-0.2, 0) is 0 Å². The normalized spacial score (nSPS) is 16.3. The summed E-state index contributed by atoms with van der Waals surface area (Å²) < 4.78 is 5.61. The van der Waals surface area contributed by atoms with Gasteiger partial charge >= 0.3 is 0 Å². The van der Waals surface area contributed by atoms with Crippen LogP contribution < -0.4 is 4.90 Å². The number of carbonyl (C=O) groups excluding carboxylic acids is 1. The zero-order valence-electron chi connectivity index (χ0n) is 17.1. The standard InChI is InChI=1S/C21H24N6O2/c1-13-14(2)25-29-19(13)16-12-23-21(26(3)4)24-18(16)17-8-6-10-27(17)20(28)15-7-5-9-22-11-15/h5,7,9,11-12,17H,6,8,10H2,1-4H3. The van der Waals surface area contributed by atoms with Crippen LogP contribution in [-0.4, -0.2) is 51.6 Å². The third-order valence-electron chi connectivity index (χ3n) is 5.35. The molecule has 0 spiro atoms. The van der Waals surface area contributed by atoms with Crippen LogP contribution in [0.5, 0.6) is 0 Å². The van der Waals surface area contributed by atoms with E-state index in [0.29, 0.717) is 23.8 Å². The molecule has 1 saturated heterocycles. The molecule has 4 heterocycles. The molecule has 3 aromatic rings. The Labute approximate surface area is 169 Å². The van der Waals surface area contributed by atoms with E-state index in [2.05, 4.69) is 15.1 Å². The molecule has 1 amide bonds. The van der Waals surface area contributed by atoms with Crippen molar-refractivity contribution in [1.29, 1.82) is 0 Å². The van der Waals surface area contributed by atoms with Gasteiger partial charge in [0.05, 0.1) is 28.6 Å². The summed E-state index contributed by atoms with van der Waals surface area (Å²) in [5.41, 5.74) is 3.93. The first-order valence-corrected chi connectivity index (χ1v) is 9.66. The van der Waals surface area contributed by atoms with Crippen LogP contribution in [0.3, 0.4) is 0 Å². The lowest BCUT2D eigenvalue weighted by atomic mass is 10.0. The number of aryl methyl sites for hydroxylation is 1. The number of anilines is 1. The summed E-state index contributed by atoms with van der Waals surface area (Å²) in [5.74, 6) is 1.21. The highest BCUT2D eigenvalue weighted by Gasteiger charge is 2.35. The van der Waals surface area contributed by atoms with Gasteiger partial charge in [0.25, 0.3) is 5.91 Å². The van der Waals surface area contributed by atoms with Crippen LogP contribution in [0.4, 0.5) is 5.95 Å². The molecule has 1 aliphatic rings. The van der Waals surface area contributed by atoms with Crippen molar-refractivity contribution in [2.24, 2.45) is 0 Å². The molecule has 0 aromatic carbocycles. The van der Waals surface area contributed by atoms with Crippen LogP contribution in [0.15, 0.2) is 35.2 Å². The minimum atomic E-state index is -0.163. The van der Waals surface area contributed by atoms with E-state index >= 15 is 0 Å². The number of aromatic nitrogens is 4. The first-order chi connectivity index (χ1) is 14.0. The van der Waals surface area contributed by atoms with Gasteiger partial charge in [0.2, 0.25) is 5.95 Å². The predicted octanol–water partition coefficient (Wildman–Crippen LogP) is 3.19. The number of hydrogen-bond acceptors (Lipinski definition) is 7. The Hall–Kier alpha value is -3.29. The maximum atomic E-state index is 13.2. The van der Waals surface area contributed by atoms with Gasteiger partial charge in [-0.15, -0.1) is 0 Å². The van der Waals surface area contributed by atoms with E-state index in [1.54, 1.807) is 30.7 Å². The van der Waals surface area contributed by atoms with Gasteiger partial charge in [0.15, 0.2) is 5.76 Å². The minimum absolute atomic E-state index is 0.0398. The van der Waals surface area contributed by atoms with Crippen LogP contribution in [0, 0.1) is 13.8 Å². The van der Waals surface area contributed by atoms with Crippen LogP contribution in [0.1, 0.15) is 46.2 Å². The highest BCUT2D eigenvalue weighted by Crippen LogP contribution is 2.39. The third-order valence-corrected chi connectivity index (χ3v) is 5.35. The molecule has 4 rings (SSSR count). The fourth-order valence-electron chi connectivity index (χ4n) is 3.65. The van der Waals surface area contributed by atoms with Crippen molar-refractivity contribution in [3.8, 4) is 11.3 Å². The van der Waals surface area contributed by atoms with E-state index in [1.165, 1.54) is 0 Å². The lowest BCUT2D eigenvalue weighted by Gasteiger charge is -2.26. The van der Waals surface area contributed by atoms with E-state index in [-0.39, 0.29) is 11.9 Å². The maximum absolute atomic E-state index is 13.2. The Morgan fingerprint density at radius 2 is 2.10 bits per heavy atom. The largest absolute Gasteiger partial charge is 0.356 e. The second kappa shape index (κ2) is 7.62. The summed E-state index contributed by atoms with van der Waals surface area (Å²) in [7, 11) is 3.80. The predicted molar refractivity (Wildman–Crippen MR) is 109 cm³/mol. The number of rotatable bonds is 4. The maximum Gasteiger partial charge on any atom is 0.255 e. The van der Waals surface area contributed by atoms with Crippen molar-refractivity contribution in [2.75, 3.05) is 25.5 Å². The number of likely N-dealkylation sites (tertiary alicyclic amines) is 1. The Morgan fingerprint density at radius 1 is 1.28 bits per heavy atom. The number of hydrogen-bond donors (Lipinski definition) is 0. The van der Waals surface area contributed by atoms with Crippen molar-refractivity contribution >= 4 is 11.9 Å². The second-order valence-corrected chi connectivity index (χ2v) is 7.48. The Morgan fingerprint density at radius 3 is 2.76 bits per heavy atom. The topological polar surface area (TPSA) is 88.3 Å². The molecule has 1 unspecified atom stereocenters. The molecule has 8 heteroatoms. The van der Waals surface area contributed by atoms with Gasteiger partial charge in [-0.2, -0.15) is 0 Å². The van der Waals surface area contributed by atoms with Crippen molar-refractivity contribution in [3.05, 3.63) is 53.2 Å². The van der Waals surface area contributed by atoms with Gasteiger partial charge in [0, 0.05) is 44.8 Å². The summed E-state index contributed by atoms with van der Waals surface area (Å²) in [6, 6.07) is 3.41. The summed E-state index contributed by atoms with van der Waals surface area (Å²) in [4.78, 5) is 30.3. The summed E-state index contributed by atoms with van der Waals surface area (Å²) in [6.07, 6.45) is 6.78. The lowest BCUT2D eigenvalue weighted by Crippen LogP contribution is -2.31. The molecular weight excluding hydrogens is 368 g/mol. The summed E-state index contributed by atoms with van der Waals surface area (Å²) in [5, 5.41) is 4.09. The molecule has 0 aliphatic carbocycles. The average Bonchev–Trinajstić information content (AvgIpc) is 3.35. The number of amides is 1. The third kappa shape index (κ3) is 3.46. The van der Waals surface area contributed by atoms with Gasteiger partial charge in [-0.25, -0.2) is 9.97 Å². The van der Waals surface area contributed by atoms with Crippen LogP contribution in [0.25, 0.3) is 11.3 Å². The van der Waals surface area contributed by atoms with E-state index < -0.39 is 0 Å². The SMILES string of the molecule is Cc1noc(-c2cnc(N(C)C)nc2C2CCCN2C(=O)c2cccnc2)c1C. The molecule has 0 radical (unpaired) electrons. The van der Waals surface area contributed by atoms with E-state index in [1.807, 2.05) is 37.7 Å². The van der Waals surface area contributed by atoms with Crippen molar-refractivity contribution in [3.63, 3.8) is 0 Å². The minimum Gasteiger partial charge on any atom is -0.356 e. The van der Waals surface area contributed by atoms with E-state index in [9.17, 15) is 4.79 Å². The second-order valence-electron chi connectivity index (χ2n) is 7.48. The highest BCUT2D eigenvalue weighted by atomic mass is 16.5. The molecule has 1 atom stereocenters. The first-order valence-electron chi connectivity index (χ1n) is 9.66. The quantitative estimate of drug-likeness (QED) is 0.674. The van der Waals surface area contributed by atoms with Crippen molar-refractivity contribution < 1.29 is 9.32 Å². The van der Waals surface area contributed by atoms with Crippen LogP contribution >= 0.6 is 0 Å². The summed E-state index contributed by atoms with van der Waals surface area (Å²) in [6.45, 7) is 4.55. The van der Waals surface area contributed by atoms with Crippen molar-refractivity contribution in [1.82, 2.24) is 25.0 Å². The Balaban J connectivity index is 1.80. The molecule has 29 heavy (non-hydrogen) atoms. The number of pyridine rings is 1. The van der Waals surface area contributed by atoms with Crippen LogP contribution in [0.2, 0.25) is 0 Å². The fraction of sp³-hybridized carbons (Fsp3) is 0.381. The van der Waals surface area contributed by atoms with Gasteiger partial charge < -0.3 is 14.3 Å². The van der Waals surface area contributed by atoms with Gasteiger partial charge in [-0.05, 0) is 38.8 Å². The van der Waals surface area contributed by atoms with Crippen molar-refractivity contribution in [2.45, 2.75) is 32.7 Å². The molecule has 0 bridgehead atoms. The molecule has 3 aromatic heterocycles. The molecule has 1 aliphatic heterocycles. The summed E-state index contributed by atoms with van der Waals surface area (Å²) >= 11 is 0. The zero-order chi connectivity index (χ0) is 20.5. The molecule has 0 saturated carbocycles. The van der Waals surface area contributed by atoms with Gasteiger partial charge in [0.1, 0.15) is 0 Å². The monoisotopic (exact) mass is 392 g/mol. The average molecular weight is 392 g/mol. The van der Waals surface area contributed by atoms with Gasteiger partial charge in [-0.1, -0.05) is 5.16 Å². The Kier molecular flexibility index (Phi) is 5.00. The first kappa shape index (κ1) is 19.0. The lowest BCUT2D eigenvalue weighted by molar-refractivity contribution is 0.0732. The smallest absolute Gasteiger partial charge is 0.255 e. The van der Waals surface area contributed by atoms with E-state index in [4.69, 9.17) is 9.51 Å². The molecular formula is C21H24N6O2. The van der Waals surface area contributed by atoms with E-state index in [0.717, 1.165) is 35.4 Å². The Bertz CT molecular complexity index is 1030. The molecule has 1 fully saturated rings. The number of nitrogens with zero attached hydrogens (tertiary/aromatic N) is 6. The molecule has 0 N–H and O–H groups in total. The highest BCUT2D eigenvalue weighted by molar-refractivity contribution is 5.94. The zero-order valence-corrected chi connectivity index (χ0v) is 17.1. The molecule has 150 valence electrons.